The van der Waals surface area contributed by atoms with Crippen molar-refractivity contribution in [1.29, 1.82) is 0 Å². The maximum atomic E-state index is 3.07. The molecule has 1 heterocycles. The van der Waals surface area contributed by atoms with Crippen LogP contribution >= 0.6 is 0 Å². The first-order valence-corrected chi connectivity index (χ1v) is 3.71. The number of nitrogens with one attached hydrogen (secondary N) is 1. The van der Waals surface area contributed by atoms with Gasteiger partial charge in [-0.25, -0.2) is 12.2 Å². The second-order valence-electron chi connectivity index (χ2n) is 2.15. The summed E-state index contributed by atoms with van der Waals surface area (Å²) >= 11 is 0. The number of aromatic amines is 1. The third-order valence-corrected chi connectivity index (χ3v) is 1.25. The van der Waals surface area contributed by atoms with Crippen LogP contribution in [0.25, 0.3) is 0 Å². The van der Waals surface area contributed by atoms with Crippen LogP contribution in [0.5, 0.6) is 0 Å². The summed E-state index contributed by atoms with van der Waals surface area (Å²) in [5.74, 6) is 0. The molecule has 1 N–H and O–H groups in total. The van der Waals surface area contributed by atoms with E-state index >= 15 is 0 Å². The molecular formula is C14H23NRu. The number of allylic oxidation sites excluding steroid dienone is 4. The molecule has 0 fully saturated rings. The maximum absolute atomic E-state index is 3.07. The molecule has 0 bridgehead atoms. The van der Waals surface area contributed by atoms with Gasteiger partial charge >= 0.3 is 19.5 Å². The fraction of sp³-hybridized carbons (Fsp3) is 0.143. The van der Waals surface area contributed by atoms with Gasteiger partial charge in [-0.05, 0) is 0 Å². The van der Waals surface area contributed by atoms with Gasteiger partial charge in [-0.1, -0.05) is 6.42 Å². The Balaban J connectivity index is -0.0000000387. The SMILES string of the molecule is [C-]1=CC=CCC1.[CH3-].[CH3-].[CH3-].[CH3-].[Ru+6].[c-]1ccc[nH]1. The fourth-order valence-electron chi connectivity index (χ4n) is 0.723. The second kappa shape index (κ2) is 23.9. The van der Waals surface area contributed by atoms with Gasteiger partial charge in [0.25, 0.3) is 0 Å². The van der Waals surface area contributed by atoms with E-state index in [9.17, 15) is 0 Å². The summed E-state index contributed by atoms with van der Waals surface area (Å²) in [4.78, 5) is 2.74. The van der Waals surface area contributed by atoms with Gasteiger partial charge in [0.15, 0.2) is 0 Å². The topological polar surface area (TPSA) is 15.8 Å². The molecule has 0 saturated carbocycles. The van der Waals surface area contributed by atoms with Gasteiger partial charge in [0.05, 0.1) is 0 Å². The number of hydrogen-bond acceptors (Lipinski definition) is 0. The zero-order valence-electron chi connectivity index (χ0n) is 10.7. The molecule has 0 amide bonds. The van der Waals surface area contributed by atoms with E-state index in [2.05, 4.69) is 23.3 Å². The van der Waals surface area contributed by atoms with Crippen molar-refractivity contribution in [3.63, 3.8) is 0 Å². The molecular weight excluding hydrogens is 283 g/mol. The minimum Gasteiger partial charge on any atom is -0.484 e. The predicted molar refractivity (Wildman–Crippen MR) is 71.5 cm³/mol. The standard InChI is InChI=1S/C6H7.C4H4N.4CH3.Ru/c1-2-4-6-5-3-1;1-2-4-5-3-1;;;;;/h1-3H,4,6H2;1-3,5H;4*1H3;/q6*-1;+6. The van der Waals surface area contributed by atoms with Crippen LogP contribution in [0.1, 0.15) is 12.8 Å². The number of hydrogen-bond donors (Lipinski definition) is 1. The van der Waals surface area contributed by atoms with Crippen LogP contribution < -0.4 is 0 Å². The van der Waals surface area contributed by atoms with Crippen molar-refractivity contribution in [2.75, 3.05) is 0 Å². The van der Waals surface area contributed by atoms with Crippen LogP contribution in [0.3, 0.4) is 0 Å². The molecule has 16 heavy (non-hydrogen) atoms. The predicted octanol–water partition coefficient (Wildman–Crippen LogP) is 4.31. The first-order chi connectivity index (χ1) is 5.50. The summed E-state index contributed by atoms with van der Waals surface area (Å²) in [6.07, 6.45) is 16.1. The molecule has 1 aromatic heterocycles. The van der Waals surface area contributed by atoms with Gasteiger partial charge in [-0.15, -0.1) is 12.6 Å². The molecule has 2 rings (SSSR count). The summed E-state index contributed by atoms with van der Waals surface area (Å²) in [5, 5.41) is 0. The van der Waals surface area contributed by atoms with Crippen molar-refractivity contribution >= 4 is 0 Å². The van der Waals surface area contributed by atoms with E-state index in [0.29, 0.717) is 0 Å². The van der Waals surface area contributed by atoms with Gasteiger partial charge in [-0.3, -0.25) is 6.08 Å². The summed E-state index contributed by atoms with van der Waals surface area (Å²) in [6, 6.07) is 3.71. The Morgan fingerprint density at radius 2 is 1.75 bits per heavy atom. The zero-order valence-corrected chi connectivity index (χ0v) is 12.5. The Labute approximate surface area is 116 Å². The second-order valence-corrected chi connectivity index (χ2v) is 2.15. The number of aromatic nitrogens is 1. The smallest absolute Gasteiger partial charge is 0.484 e. The van der Waals surface area contributed by atoms with Crippen molar-refractivity contribution in [2.24, 2.45) is 0 Å². The van der Waals surface area contributed by atoms with Crippen LogP contribution in [0, 0.1) is 42.0 Å². The molecule has 1 aliphatic carbocycles. The van der Waals surface area contributed by atoms with Crippen molar-refractivity contribution in [2.45, 2.75) is 12.8 Å². The first kappa shape index (κ1) is 29.5. The van der Waals surface area contributed by atoms with Crippen molar-refractivity contribution in [3.05, 3.63) is 78.5 Å². The van der Waals surface area contributed by atoms with E-state index in [0.717, 1.165) is 6.42 Å². The van der Waals surface area contributed by atoms with Crippen LogP contribution in [0.4, 0.5) is 0 Å². The minimum atomic E-state index is 0. The Hall–Kier alpha value is -0.617. The summed E-state index contributed by atoms with van der Waals surface area (Å²) in [7, 11) is 0. The van der Waals surface area contributed by atoms with Gasteiger partial charge in [0.1, 0.15) is 0 Å². The molecule has 1 nitrogen and oxygen atoms in total. The first-order valence-electron chi connectivity index (χ1n) is 3.71. The largest absolute Gasteiger partial charge is 6.00 e. The minimum absolute atomic E-state index is 0. The van der Waals surface area contributed by atoms with Gasteiger partial charge in [0.2, 0.25) is 0 Å². The monoisotopic (exact) mass is 307 g/mol. The molecule has 1 aliphatic rings. The van der Waals surface area contributed by atoms with Crippen LogP contribution in [-0.4, -0.2) is 4.98 Å². The third kappa shape index (κ3) is 19.0. The molecule has 0 saturated heterocycles. The van der Waals surface area contributed by atoms with Gasteiger partial charge < -0.3 is 34.7 Å². The van der Waals surface area contributed by atoms with E-state index in [-0.39, 0.29) is 49.2 Å². The molecule has 0 radical (unpaired) electrons. The molecule has 0 atom stereocenters. The van der Waals surface area contributed by atoms with Crippen LogP contribution in [0.2, 0.25) is 0 Å². The maximum Gasteiger partial charge on any atom is 6.00 e. The summed E-state index contributed by atoms with van der Waals surface area (Å²) in [5.41, 5.74) is 0. The molecule has 92 valence electrons. The Morgan fingerprint density at radius 3 is 1.88 bits per heavy atom. The van der Waals surface area contributed by atoms with E-state index in [4.69, 9.17) is 0 Å². The van der Waals surface area contributed by atoms with Crippen LogP contribution in [-0.2, 0) is 19.5 Å². The number of H-pyrrole nitrogens is 1. The zero-order chi connectivity index (χ0) is 7.78. The van der Waals surface area contributed by atoms with Crippen molar-refractivity contribution < 1.29 is 19.5 Å². The third-order valence-electron chi connectivity index (χ3n) is 1.25. The molecule has 2 heteroatoms. The van der Waals surface area contributed by atoms with Crippen molar-refractivity contribution in [1.82, 2.24) is 4.98 Å². The van der Waals surface area contributed by atoms with E-state index < -0.39 is 0 Å². The molecule has 0 aromatic carbocycles. The van der Waals surface area contributed by atoms with E-state index in [1.54, 1.807) is 0 Å². The molecule has 1 aromatic rings. The Morgan fingerprint density at radius 1 is 1.06 bits per heavy atom. The quantitative estimate of drug-likeness (QED) is 0.543. The van der Waals surface area contributed by atoms with E-state index in [1.165, 1.54) is 6.42 Å². The van der Waals surface area contributed by atoms with E-state index in [1.807, 2.05) is 30.5 Å². The molecule has 0 unspecified atom stereocenters. The summed E-state index contributed by atoms with van der Waals surface area (Å²) < 4.78 is 0. The van der Waals surface area contributed by atoms with Crippen LogP contribution in [0.15, 0.2) is 36.6 Å². The average molecular weight is 306 g/mol. The normalized spacial score (nSPS) is 9.50. The Kier molecular flexibility index (Phi) is 44.1. The Bertz CT molecular complexity index is 183. The van der Waals surface area contributed by atoms with Gasteiger partial charge in [0, 0.05) is 0 Å². The van der Waals surface area contributed by atoms with Crippen molar-refractivity contribution in [3.8, 4) is 0 Å². The fourth-order valence-corrected chi connectivity index (χ4v) is 0.723. The van der Waals surface area contributed by atoms with Gasteiger partial charge in [-0.2, -0.15) is 24.4 Å². The summed E-state index contributed by atoms with van der Waals surface area (Å²) in [6.45, 7) is 0. The number of rotatable bonds is 0. The molecule has 0 spiro atoms. The molecule has 0 aliphatic heterocycles. The average Bonchev–Trinajstić information content (AvgIpc) is 2.64.